The third-order valence-electron chi connectivity index (χ3n) is 1.42. The fourth-order valence-corrected chi connectivity index (χ4v) is 1.27. The smallest absolute Gasteiger partial charge is 0.374 e. The summed E-state index contributed by atoms with van der Waals surface area (Å²) in [5.41, 5.74) is -0.586. The first-order chi connectivity index (χ1) is 6.83. The van der Waals surface area contributed by atoms with E-state index in [2.05, 4.69) is 15.9 Å². The minimum Gasteiger partial charge on any atom is -0.454 e. The Labute approximate surface area is 95.7 Å². The maximum atomic E-state index is 11.5. The third kappa shape index (κ3) is 3.20. The lowest BCUT2D eigenvalue weighted by atomic mass is 10.2. The molecule has 0 spiro atoms. The first kappa shape index (κ1) is 12.0. The van der Waals surface area contributed by atoms with Gasteiger partial charge in [0, 0.05) is 6.07 Å². The summed E-state index contributed by atoms with van der Waals surface area (Å²) >= 11 is 3.09. The molecule has 1 aromatic heterocycles. The average Bonchev–Trinajstić information content (AvgIpc) is 2.43. The van der Waals surface area contributed by atoms with Crippen molar-refractivity contribution in [2.75, 3.05) is 0 Å². The van der Waals surface area contributed by atoms with E-state index < -0.39 is 11.6 Å². The van der Waals surface area contributed by atoms with Crippen molar-refractivity contribution in [2.45, 2.75) is 26.4 Å². The summed E-state index contributed by atoms with van der Waals surface area (Å²) < 4.78 is 10.5. The molecule has 0 amide bonds. The number of carbonyl (C=O) groups excluding carboxylic acids is 2. The molecule has 5 heteroatoms. The second-order valence-corrected chi connectivity index (χ2v) is 4.80. The van der Waals surface area contributed by atoms with Crippen LogP contribution in [0.5, 0.6) is 0 Å². The van der Waals surface area contributed by atoms with Crippen molar-refractivity contribution in [1.82, 2.24) is 0 Å². The molecule has 0 aromatic carbocycles. The Balaban J connectivity index is 2.88. The van der Waals surface area contributed by atoms with Crippen LogP contribution in [0.15, 0.2) is 15.0 Å². The monoisotopic (exact) mass is 274 g/mol. The molecule has 0 aliphatic rings. The van der Waals surface area contributed by atoms with E-state index >= 15 is 0 Å². The Kier molecular flexibility index (Phi) is 3.34. The van der Waals surface area contributed by atoms with Crippen LogP contribution in [0.2, 0.25) is 0 Å². The molecule has 82 valence electrons. The SMILES string of the molecule is CC(C)(C)OC(=O)c1cc(Br)c(C=O)o1. The van der Waals surface area contributed by atoms with E-state index in [1.165, 1.54) is 6.07 Å². The summed E-state index contributed by atoms with van der Waals surface area (Å²) in [6, 6.07) is 1.41. The van der Waals surface area contributed by atoms with Crippen LogP contribution < -0.4 is 0 Å². The average molecular weight is 275 g/mol. The second kappa shape index (κ2) is 4.18. The van der Waals surface area contributed by atoms with Crippen LogP contribution in [0.1, 0.15) is 41.9 Å². The molecule has 0 unspecified atom stereocenters. The van der Waals surface area contributed by atoms with Gasteiger partial charge in [-0.05, 0) is 36.7 Å². The molecule has 1 rings (SSSR count). The van der Waals surface area contributed by atoms with Gasteiger partial charge >= 0.3 is 5.97 Å². The van der Waals surface area contributed by atoms with Crippen molar-refractivity contribution in [1.29, 1.82) is 0 Å². The van der Waals surface area contributed by atoms with Crippen LogP contribution in [-0.2, 0) is 4.74 Å². The van der Waals surface area contributed by atoms with Gasteiger partial charge in [0.05, 0.1) is 4.47 Å². The molecule has 1 heterocycles. The van der Waals surface area contributed by atoms with E-state index in [9.17, 15) is 9.59 Å². The van der Waals surface area contributed by atoms with Crippen molar-refractivity contribution in [2.24, 2.45) is 0 Å². The fourth-order valence-electron chi connectivity index (χ4n) is 0.892. The number of halogens is 1. The first-order valence-corrected chi connectivity index (χ1v) is 5.10. The summed E-state index contributed by atoms with van der Waals surface area (Å²) in [7, 11) is 0. The summed E-state index contributed by atoms with van der Waals surface area (Å²) in [6.45, 7) is 5.26. The van der Waals surface area contributed by atoms with Gasteiger partial charge in [-0.1, -0.05) is 0 Å². The van der Waals surface area contributed by atoms with Crippen molar-refractivity contribution in [3.05, 3.63) is 22.1 Å². The van der Waals surface area contributed by atoms with E-state index in [1.807, 2.05) is 0 Å². The molecule has 0 atom stereocenters. The van der Waals surface area contributed by atoms with Crippen molar-refractivity contribution >= 4 is 28.2 Å². The number of rotatable bonds is 2. The van der Waals surface area contributed by atoms with Gasteiger partial charge in [-0.2, -0.15) is 0 Å². The van der Waals surface area contributed by atoms with Gasteiger partial charge in [0.2, 0.25) is 5.76 Å². The highest BCUT2D eigenvalue weighted by atomic mass is 79.9. The molecule has 0 aliphatic carbocycles. The van der Waals surface area contributed by atoms with Crippen LogP contribution in [0.4, 0.5) is 0 Å². The molecule has 4 nitrogen and oxygen atoms in total. The van der Waals surface area contributed by atoms with Crippen LogP contribution in [-0.4, -0.2) is 17.9 Å². The molecular formula is C10H11BrO4. The van der Waals surface area contributed by atoms with E-state index in [1.54, 1.807) is 20.8 Å². The lowest BCUT2D eigenvalue weighted by molar-refractivity contribution is 0.00355. The molecule has 0 fully saturated rings. The number of hydrogen-bond donors (Lipinski definition) is 0. The Bertz CT molecular complexity index is 387. The number of esters is 1. The predicted molar refractivity (Wildman–Crippen MR) is 57.0 cm³/mol. The number of carbonyl (C=O) groups is 2. The minimum atomic E-state index is -0.587. The Morgan fingerprint density at radius 2 is 2.13 bits per heavy atom. The molecule has 0 bridgehead atoms. The lowest BCUT2D eigenvalue weighted by Gasteiger charge is -2.18. The normalized spacial score (nSPS) is 11.2. The van der Waals surface area contributed by atoms with E-state index in [4.69, 9.17) is 9.15 Å². The highest BCUT2D eigenvalue weighted by Gasteiger charge is 2.22. The zero-order valence-corrected chi connectivity index (χ0v) is 10.3. The molecular weight excluding hydrogens is 264 g/mol. The number of aldehydes is 1. The molecule has 0 radical (unpaired) electrons. The number of ether oxygens (including phenoxy) is 1. The molecule has 1 aromatic rings. The van der Waals surface area contributed by atoms with Gasteiger partial charge < -0.3 is 9.15 Å². The second-order valence-electron chi connectivity index (χ2n) is 3.94. The molecule has 0 N–H and O–H groups in total. The summed E-state index contributed by atoms with van der Waals surface area (Å²) in [5.74, 6) is -0.494. The van der Waals surface area contributed by atoms with Crippen LogP contribution in [0, 0.1) is 0 Å². The summed E-state index contributed by atoms with van der Waals surface area (Å²) in [4.78, 5) is 22.0. The Morgan fingerprint density at radius 3 is 2.53 bits per heavy atom. The molecule has 0 saturated heterocycles. The quantitative estimate of drug-likeness (QED) is 0.615. The van der Waals surface area contributed by atoms with Gasteiger partial charge in [-0.25, -0.2) is 4.79 Å². The van der Waals surface area contributed by atoms with Gasteiger partial charge in [0.25, 0.3) is 0 Å². The number of furan rings is 1. The predicted octanol–water partition coefficient (Wildman–Crippen LogP) is 2.81. The summed E-state index contributed by atoms with van der Waals surface area (Å²) in [5, 5.41) is 0. The van der Waals surface area contributed by atoms with E-state index in [0.29, 0.717) is 10.8 Å². The van der Waals surface area contributed by atoms with Gasteiger partial charge in [-0.15, -0.1) is 0 Å². The van der Waals surface area contributed by atoms with E-state index in [-0.39, 0.29) is 11.5 Å². The Hall–Kier alpha value is -1.10. The van der Waals surface area contributed by atoms with Crippen molar-refractivity contribution in [3.63, 3.8) is 0 Å². The van der Waals surface area contributed by atoms with Crippen LogP contribution in [0.3, 0.4) is 0 Å². The maximum absolute atomic E-state index is 11.5. The van der Waals surface area contributed by atoms with Crippen molar-refractivity contribution in [3.8, 4) is 0 Å². The minimum absolute atomic E-state index is 0.0129. The van der Waals surface area contributed by atoms with E-state index in [0.717, 1.165) is 0 Å². The highest BCUT2D eigenvalue weighted by molar-refractivity contribution is 9.10. The van der Waals surface area contributed by atoms with Gasteiger partial charge in [0.15, 0.2) is 12.0 Å². The lowest BCUT2D eigenvalue weighted by Crippen LogP contribution is -2.23. The Morgan fingerprint density at radius 1 is 1.53 bits per heavy atom. The van der Waals surface area contributed by atoms with Gasteiger partial charge in [-0.3, -0.25) is 4.79 Å². The maximum Gasteiger partial charge on any atom is 0.374 e. The first-order valence-electron chi connectivity index (χ1n) is 4.31. The molecule has 0 aliphatic heterocycles. The fraction of sp³-hybridized carbons (Fsp3) is 0.400. The van der Waals surface area contributed by atoms with Crippen LogP contribution in [0.25, 0.3) is 0 Å². The van der Waals surface area contributed by atoms with Crippen molar-refractivity contribution < 1.29 is 18.7 Å². The standard InChI is InChI=1S/C10H11BrO4/c1-10(2,3)15-9(13)7-4-6(11)8(5-12)14-7/h4-5H,1-3H3. The summed E-state index contributed by atoms with van der Waals surface area (Å²) in [6.07, 6.45) is 0.526. The van der Waals surface area contributed by atoms with Crippen LogP contribution >= 0.6 is 15.9 Å². The zero-order valence-electron chi connectivity index (χ0n) is 8.67. The third-order valence-corrected chi connectivity index (χ3v) is 2.04. The van der Waals surface area contributed by atoms with Gasteiger partial charge in [0.1, 0.15) is 5.60 Å². The topological polar surface area (TPSA) is 56.5 Å². The largest absolute Gasteiger partial charge is 0.454 e. The molecule has 0 saturated carbocycles. The highest BCUT2D eigenvalue weighted by Crippen LogP contribution is 2.22. The number of hydrogen-bond acceptors (Lipinski definition) is 4. The molecule has 15 heavy (non-hydrogen) atoms. The zero-order chi connectivity index (χ0) is 11.6.